The number of ether oxygens (including phenoxy) is 1. The van der Waals surface area contributed by atoms with Crippen LogP contribution in [0.3, 0.4) is 0 Å². The van der Waals surface area contributed by atoms with Crippen LogP contribution in [0.1, 0.15) is 11.1 Å². The summed E-state index contributed by atoms with van der Waals surface area (Å²) in [5.74, 6) is 0.862. The van der Waals surface area contributed by atoms with Crippen LogP contribution in [0.15, 0.2) is 77.3 Å². The molecule has 0 spiro atoms. The van der Waals surface area contributed by atoms with Gasteiger partial charge in [0.05, 0.1) is 0 Å². The molecular weight excluding hydrogens is 350 g/mol. The van der Waals surface area contributed by atoms with Gasteiger partial charge in [-0.3, -0.25) is 0 Å². The molecule has 3 aromatic rings. The van der Waals surface area contributed by atoms with Crippen LogP contribution in [0.5, 0.6) is 5.75 Å². The van der Waals surface area contributed by atoms with Crippen molar-refractivity contribution < 1.29 is 4.74 Å². The van der Waals surface area contributed by atoms with Crippen LogP contribution in [0, 0.1) is 0 Å². The van der Waals surface area contributed by atoms with Crippen LogP contribution >= 0.6 is 15.9 Å². The molecule has 0 bridgehead atoms. The lowest BCUT2D eigenvalue weighted by Crippen LogP contribution is -1.97. The van der Waals surface area contributed by atoms with E-state index in [1.807, 2.05) is 36.4 Å². The fourth-order valence-corrected chi connectivity index (χ4v) is 2.98. The molecule has 0 aliphatic rings. The molecule has 3 aromatic carbocycles. The fraction of sp³-hybridized carbons (Fsp3) is 0.100. The van der Waals surface area contributed by atoms with Gasteiger partial charge < -0.3 is 10.5 Å². The van der Waals surface area contributed by atoms with Crippen molar-refractivity contribution in [3.8, 4) is 16.9 Å². The topological polar surface area (TPSA) is 35.2 Å². The molecular formula is C20H18BrNO. The van der Waals surface area contributed by atoms with Gasteiger partial charge in [-0.25, -0.2) is 0 Å². The Balaban J connectivity index is 1.81. The normalized spacial score (nSPS) is 10.5. The largest absolute Gasteiger partial charge is 0.489 e. The summed E-state index contributed by atoms with van der Waals surface area (Å²) in [5, 5.41) is 0. The molecule has 3 rings (SSSR count). The molecule has 0 fully saturated rings. The lowest BCUT2D eigenvalue weighted by atomic mass is 10.0. The zero-order valence-corrected chi connectivity index (χ0v) is 14.3. The number of benzene rings is 3. The average molecular weight is 368 g/mol. The van der Waals surface area contributed by atoms with E-state index in [0.29, 0.717) is 13.2 Å². The third kappa shape index (κ3) is 4.21. The zero-order chi connectivity index (χ0) is 16.1. The molecule has 2 nitrogen and oxygen atoms in total. The molecule has 0 aliphatic heterocycles. The van der Waals surface area contributed by atoms with Gasteiger partial charge in [0.15, 0.2) is 0 Å². The molecule has 2 N–H and O–H groups in total. The minimum Gasteiger partial charge on any atom is -0.489 e. The van der Waals surface area contributed by atoms with E-state index >= 15 is 0 Å². The third-order valence-corrected chi connectivity index (χ3v) is 4.07. The lowest BCUT2D eigenvalue weighted by molar-refractivity contribution is 0.306. The summed E-state index contributed by atoms with van der Waals surface area (Å²) in [6, 6.07) is 24.5. The van der Waals surface area contributed by atoms with Gasteiger partial charge in [0.1, 0.15) is 12.4 Å². The third-order valence-electron chi connectivity index (χ3n) is 3.61. The first kappa shape index (κ1) is 15.8. The van der Waals surface area contributed by atoms with Crippen molar-refractivity contribution >= 4 is 15.9 Å². The molecule has 3 heteroatoms. The summed E-state index contributed by atoms with van der Waals surface area (Å²) >= 11 is 3.54. The maximum atomic E-state index is 5.90. The summed E-state index contributed by atoms with van der Waals surface area (Å²) in [7, 11) is 0. The Bertz CT molecular complexity index is 787. The monoisotopic (exact) mass is 367 g/mol. The van der Waals surface area contributed by atoms with Crippen molar-refractivity contribution in [3.05, 3.63) is 88.4 Å². The molecule has 23 heavy (non-hydrogen) atoms. The van der Waals surface area contributed by atoms with E-state index in [1.54, 1.807) is 0 Å². The van der Waals surface area contributed by atoms with Crippen LogP contribution in [0.2, 0.25) is 0 Å². The minimum absolute atomic E-state index is 0.524. The number of nitrogens with two attached hydrogens (primary N) is 1. The van der Waals surface area contributed by atoms with E-state index in [-0.39, 0.29) is 0 Å². The molecule has 0 saturated heterocycles. The maximum Gasteiger partial charge on any atom is 0.120 e. The smallest absolute Gasteiger partial charge is 0.120 e. The van der Waals surface area contributed by atoms with Gasteiger partial charge in [0, 0.05) is 11.0 Å². The Kier molecular flexibility index (Phi) is 5.11. The fourth-order valence-electron chi connectivity index (χ4n) is 2.44. The Hall–Kier alpha value is -2.10. The summed E-state index contributed by atoms with van der Waals surface area (Å²) in [4.78, 5) is 0. The van der Waals surface area contributed by atoms with Crippen molar-refractivity contribution in [2.24, 2.45) is 5.73 Å². The Morgan fingerprint density at radius 1 is 0.783 bits per heavy atom. The van der Waals surface area contributed by atoms with Crippen LogP contribution < -0.4 is 10.5 Å². The van der Waals surface area contributed by atoms with Gasteiger partial charge in [-0.05, 0) is 52.6 Å². The van der Waals surface area contributed by atoms with Gasteiger partial charge in [0.25, 0.3) is 0 Å². The number of hydrogen-bond donors (Lipinski definition) is 1. The maximum absolute atomic E-state index is 5.90. The molecule has 0 atom stereocenters. The Morgan fingerprint density at radius 2 is 1.61 bits per heavy atom. The van der Waals surface area contributed by atoms with E-state index in [0.717, 1.165) is 32.5 Å². The molecule has 0 unspecified atom stereocenters. The van der Waals surface area contributed by atoms with Crippen molar-refractivity contribution in [3.63, 3.8) is 0 Å². The molecule has 0 aliphatic carbocycles. The molecule has 0 heterocycles. The van der Waals surface area contributed by atoms with Gasteiger partial charge in [-0.1, -0.05) is 58.4 Å². The van der Waals surface area contributed by atoms with Gasteiger partial charge >= 0.3 is 0 Å². The highest BCUT2D eigenvalue weighted by atomic mass is 79.9. The van der Waals surface area contributed by atoms with Crippen LogP contribution in [0.4, 0.5) is 0 Å². The number of rotatable bonds is 5. The first-order valence-electron chi connectivity index (χ1n) is 7.51. The van der Waals surface area contributed by atoms with Crippen molar-refractivity contribution in [2.45, 2.75) is 13.2 Å². The SMILES string of the molecule is NCc1cc(Br)cc(-c2cccc(OCc3ccccc3)c2)c1. The predicted octanol–water partition coefficient (Wildman–Crippen LogP) is 5.15. The van der Waals surface area contributed by atoms with Crippen molar-refractivity contribution in [1.82, 2.24) is 0 Å². The Morgan fingerprint density at radius 3 is 2.39 bits per heavy atom. The molecule has 0 amide bonds. The highest BCUT2D eigenvalue weighted by Gasteiger charge is 2.04. The van der Waals surface area contributed by atoms with Gasteiger partial charge in [-0.2, -0.15) is 0 Å². The highest BCUT2D eigenvalue weighted by Crippen LogP contribution is 2.28. The van der Waals surface area contributed by atoms with E-state index < -0.39 is 0 Å². The summed E-state index contributed by atoms with van der Waals surface area (Å²) in [6.45, 7) is 1.09. The Labute approximate surface area is 145 Å². The summed E-state index contributed by atoms with van der Waals surface area (Å²) in [6.07, 6.45) is 0. The summed E-state index contributed by atoms with van der Waals surface area (Å²) in [5.41, 5.74) is 10.3. The second-order valence-electron chi connectivity index (χ2n) is 5.35. The lowest BCUT2D eigenvalue weighted by Gasteiger charge is -2.10. The average Bonchev–Trinajstić information content (AvgIpc) is 2.60. The molecule has 116 valence electrons. The van der Waals surface area contributed by atoms with Crippen molar-refractivity contribution in [2.75, 3.05) is 0 Å². The van der Waals surface area contributed by atoms with Gasteiger partial charge in [0.2, 0.25) is 0 Å². The van der Waals surface area contributed by atoms with E-state index in [9.17, 15) is 0 Å². The van der Waals surface area contributed by atoms with Crippen LogP contribution in [-0.4, -0.2) is 0 Å². The molecule has 0 aromatic heterocycles. The molecule has 0 radical (unpaired) electrons. The van der Waals surface area contributed by atoms with Crippen LogP contribution in [-0.2, 0) is 13.2 Å². The first-order chi connectivity index (χ1) is 11.2. The van der Waals surface area contributed by atoms with Crippen molar-refractivity contribution in [1.29, 1.82) is 0 Å². The summed E-state index contributed by atoms with van der Waals surface area (Å²) < 4.78 is 6.94. The van der Waals surface area contributed by atoms with Crippen LogP contribution in [0.25, 0.3) is 11.1 Å². The quantitative estimate of drug-likeness (QED) is 0.676. The van der Waals surface area contributed by atoms with E-state index in [1.165, 1.54) is 0 Å². The number of halogens is 1. The first-order valence-corrected chi connectivity index (χ1v) is 8.30. The minimum atomic E-state index is 0.524. The van der Waals surface area contributed by atoms with E-state index in [4.69, 9.17) is 10.5 Å². The second-order valence-corrected chi connectivity index (χ2v) is 6.27. The zero-order valence-electron chi connectivity index (χ0n) is 12.7. The second kappa shape index (κ2) is 7.44. The number of hydrogen-bond acceptors (Lipinski definition) is 2. The highest BCUT2D eigenvalue weighted by molar-refractivity contribution is 9.10. The molecule has 0 saturated carbocycles. The predicted molar refractivity (Wildman–Crippen MR) is 98.2 cm³/mol. The standard InChI is InChI=1S/C20H18BrNO/c21-19-10-16(13-22)9-18(11-19)17-7-4-8-20(12-17)23-14-15-5-2-1-3-6-15/h1-12H,13-14,22H2. The van der Waals surface area contributed by atoms with E-state index in [2.05, 4.69) is 52.3 Å². The van der Waals surface area contributed by atoms with Gasteiger partial charge in [-0.15, -0.1) is 0 Å².